The molecule has 0 saturated heterocycles. The monoisotopic (exact) mass is 392 g/mol. The number of carbonyl (C=O) groups is 2. The molecule has 2 amide bonds. The van der Waals surface area contributed by atoms with Crippen molar-refractivity contribution in [2.24, 2.45) is 7.05 Å². The maximum absolute atomic E-state index is 13.0. The van der Waals surface area contributed by atoms with Gasteiger partial charge < -0.3 is 15.1 Å². The number of aromatic nitrogens is 4. The lowest BCUT2D eigenvalue weighted by molar-refractivity contribution is -0.117. The number of furan rings is 1. The standard InChI is InChI=1S/C17H18F2N6O3/c1-10-6-13(16(18)19)25(22-10)9-14(26)21-12-8-24(2)23-15(12)17(27)20-7-11-4-3-5-28-11/h3-6,8,16H,7,9H2,1-2H3,(H,20,27)(H,21,26). The summed E-state index contributed by atoms with van der Waals surface area (Å²) in [6.07, 6.45) is 0.177. The highest BCUT2D eigenvalue weighted by Crippen LogP contribution is 2.20. The van der Waals surface area contributed by atoms with Crippen molar-refractivity contribution in [2.75, 3.05) is 5.32 Å². The van der Waals surface area contributed by atoms with Crippen LogP contribution >= 0.6 is 0 Å². The Labute approximate surface area is 158 Å². The molecule has 0 atom stereocenters. The Kier molecular flexibility index (Phi) is 5.52. The van der Waals surface area contributed by atoms with Crippen molar-refractivity contribution in [3.05, 3.63) is 53.5 Å². The van der Waals surface area contributed by atoms with Gasteiger partial charge in [0.15, 0.2) is 5.69 Å². The van der Waals surface area contributed by atoms with Gasteiger partial charge in [0.1, 0.15) is 18.0 Å². The number of alkyl halides is 2. The molecule has 0 spiro atoms. The third kappa shape index (κ3) is 4.42. The Bertz CT molecular complexity index is 977. The van der Waals surface area contributed by atoms with Gasteiger partial charge >= 0.3 is 0 Å². The average molecular weight is 392 g/mol. The van der Waals surface area contributed by atoms with E-state index in [2.05, 4.69) is 20.8 Å². The maximum Gasteiger partial charge on any atom is 0.280 e. The molecule has 11 heteroatoms. The van der Waals surface area contributed by atoms with Crippen molar-refractivity contribution < 1.29 is 22.8 Å². The summed E-state index contributed by atoms with van der Waals surface area (Å²) in [5.74, 6) is -0.572. The second-order valence-electron chi connectivity index (χ2n) is 6.04. The molecule has 0 aliphatic heterocycles. The predicted octanol–water partition coefficient (Wildman–Crippen LogP) is 2.02. The zero-order valence-electron chi connectivity index (χ0n) is 15.1. The lowest BCUT2D eigenvalue weighted by Crippen LogP contribution is -2.26. The van der Waals surface area contributed by atoms with Crippen molar-refractivity contribution in [1.82, 2.24) is 24.9 Å². The van der Waals surface area contributed by atoms with E-state index >= 15 is 0 Å². The summed E-state index contributed by atoms with van der Waals surface area (Å²) in [4.78, 5) is 24.7. The minimum atomic E-state index is -2.75. The van der Waals surface area contributed by atoms with Crippen LogP contribution in [0.4, 0.5) is 14.5 Å². The van der Waals surface area contributed by atoms with Gasteiger partial charge in [-0.2, -0.15) is 10.2 Å². The Morgan fingerprint density at radius 2 is 2.11 bits per heavy atom. The SMILES string of the molecule is Cc1cc(C(F)F)n(CC(=O)Nc2cn(C)nc2C(=O)NCc2ccco2)n1. The van der Waals surface area contributed by atoms with Crippen LogP contribution in [0.1, 0.15) is 34.1 Å². The molecule has 0 aliphatic carbocycles. The summed E-state index contributed by atoms with van der Waals surface area (Å²) >= 11 is 0. The first-order valence-electron chi connectivity index (χ1n) is 8.30. The fourth-order valence-electron chi connectivity index (χ4n) is 2.61. The van der Waals surface area contributed by atoms with Crippen molar-refractivity contribution in [3.8, 4) is 0 Å². The lowest BCUT2D eigenvalue weighted by atomic mass is 10.3. The molecule has 2 N–H and O–H groups in total. The summed E-state index contributed by atoms with van der Waals surface area (Å²) in [6.45, 7) is 1.29. The highest BCUT2D eigenvalue weighted by molar-refractivity contribution is 6.02. The molecule has 28 heavy (non-hydrogen) atoms. The summed E-state index contributed by atoms with van der Waals surface area (Å²) < 4.78 is 33.5. The van der Waals surface area contributed by atoms with Crippen LogP contribution in [0.3, 0.4) is 0 Å². The van der Waals surface area contributed by atoms with Crippen LogP contribution in [0.5, 0.6) is 0 Å². The molecule has 3 rings (SSSR count). The van der Waals surface area contributed by atoms with Gasteiger partial charge in [-0.15, -0.1) is 0 Å². The molecule has 0 fully saturated rings. The molecular formula is C17H18F2N6O3. The zero-order valence-corrected chi connectivity index (χ0v) is 15.1. The minimum Gasteiger partial charge on any atom is -0.467 e. The molecule has 3 heterocycles. The van der Waals surface area contributed by atoms with Gasteiger partial charge in [0.05, 0.1) is 24.2 Å². The molecule has 0 aromatic carbocycles. The Balaban J connectivity index is 1.69. The van der Waals surface area contributed by atoms with Crippen LogP contribution in [-0.2, 0) is 24.9 Å². The molecular weight excluding hydrogens is 374 g/mol. The first-order chi connectivity index (χ1) is 13.3. The Hall–Kier alpha value is -3.50. The summed E-state index contributed by atoms with van der Waals surface area (Å²) in [7, 11) is 1.59. The third-order valence-electron chi connectivity index (χ3n) is 3.77. The number of hydrogen-bond acceptors (Lipinski definition) is 5. The largest absolute Gasteiger partial charge is 0.467 e. The number of rotatable bonds is 7. The molecule has 0 saturated carbocycles. The topological polar surface area (TPSA) is 107 Å². The van der Waals surface area contributed by atoms with Crippen LogP contribution in [0.25, 0.3) is 0 Å². The first kappa shape index (κ1) is 19.3. The normalized spacial score (nSPS) is 11.0. The second kappa shape index (κ2) is 8.03. The quantitative estimate of drug-likeness (QED) is 0.640. The van der Waals surface area contributed by atoms with E-state index in [1.54, 1.807) is 26.1 Å². The minimum absolute atomic E-state index is 0.00636. The summed E-state index contributed by atoms with van der Waals surface area (Å²) in [6, 6.07) is 4.61. The van der Waals surface area contributed by atoms with Gasteiger partial charge in [0.25, 0.3) is 12.3 Å². The summed E-state index contributed by atoms with van der Waals surface area (Å²) in [5, 5.41) is 13.1. The highest BCUT2D eigenvalue weighted by atomic mass is 19.3. The molecule has 9 nitrogen and oxygen atoms in total. The molecule has 3 aromatic heterocycles. The number of halogens is 2. The van der Waals surface area contributed by atoms with Crippen molar-refractivity contribution >= 4 is 17.5 Å². The van der Waals surface area contributed by atoms with E-state index in [0.29, 0.717) is 11.5 Å². The predicted molar refractivity (Wildman–Crippen MR) is 93.6 cm³/mol. The van der Waals surface area contributed by atoms with Crippen molar-refractivity contribution in [3.63, 3.8) is 0 Å². The number of amides is 2. The number of aryl methyl sites for hydroxylation is 2. The smallest absolute Gasteiger partial charge is 0.280 e. The first-order valence-corrected chi connectivity index (χ1v) is 8.30. The fourth-order valence-corrected chi connectivity index (χ4v) is 2.61. The lowest BCUT2D eigenvalue weighted by Gasteiger charge is -2.08. The van der Waals surface area contributed by atoms with Crippen LogP contribution < -0.4 is 10.6 Å². The van der Waals surface area contributed by atoms with Crippen molar-refractivity contribution in [2.45, 2.75) is 26.4 Å². The van der Waals surface area contributed by atoms with Gasteiger partial charge in [-0.3, -0.25) is 19.0 Å². The van der Waals surface area contributed by atoms with Crippen molar-refractivity contribution in [1.29, 1.82) is 0 Å². The number of nitrogens with zero attached hydrogens (tertiary/aromatic N) is 4. The molecule has 0 radical (unpaired) electrons. The Morgan fingerprint density at radius 1 is 1.32 bits per heavy atom. The van der Waals surface area contributed by atoms with E-state index < -0.39 is 24.8 Å². The number of carbonyl (C=O) groups excluding carboxylic acids is 2. The van der Waals surface area contributed by atoms with Gasteiger partial charge in [0.2, 0.25) is 5.91 Å². The van der Waals surface area contributed by atoms with Gasteiger partial charge in [0, 0.05) is 13.2 Å². The van der Waals surface area contributed by atoms with Gasteiger partial charge in [-0.25, -0.2) is 8.78 Å². The summed E-state index contributed by atoms with van der Waals surface area (Å²) in [5.41, 5.74) is 0.178. The van der Waals surface area contributed by atoms with E-state index in [4.69, 9.17) is 4.42 Å². The highest BCUT2D eigenvalue weighted by Gasteiger charge is 2.21. The van der Waals surface area contributed by atoms with E-state index in [9.17, 15) is 18.4 Å². The van der Waals surface area contributed by atoms with Crippen LogP contribution in [0.2, 0.25) is 0 Å². The van der Waals surface area contributed by atoms with E-state index in [-0.39, 0.29) is 23.6 Å². The third-order valence-corrected chi connectivity index (χ3v) is 3.77. The van der Waals surface area contributed by atoms with E-state index in [0.717, 1.165) is 4.68 Å². The second-order valence-corrected chi connectivity index (χ2v) is 6.04. The Morgan fingerprint density at radius 3 is 2.79 bits per heavy atom. The van der Waals surface area contributed by atoms with Crippen LogP contribution in [0.15, 0.2) is 35.1 Å². The fraction of sp³-hybridized carbons (Fsp3) is 0.294. The molecule has 148 valence electrons. The zero-order chi connectivity index (χ0) is 20.3. The van der Waals surface area contributed by atoms with Crippen LogP contribution in [0, 0.1) is 6.92 Å². The number of nitrogens with one attached hydrogen (secondary N) is 2. The van der Waals surface area contributed by atoms with E-state index in [1.807, 2.05) is 0 Å². The maximum atomic E-state index is 13.0. The average Bonchev–Trinajstić information content (AvgIpc) is 3.33. The van der Waals surface area contributed by atoms with Crippen LogP contribution in [-0.4, -0.2) is 31.4 Å². The molecule has 0 aliphatic rings. The number of anilines is 1. The number of hydrogen-bond donors (Lipinski definition) is 2. The van der Waals surface area contributed by atoms with E-state index in [1.165, 1.54) is 23.2 Å². The van der Waals surface area contributed by atoms with Gasteiger partial charge in [-0.05, 0) is 25.1 Å². The van der Waals surface area contributed by atoms with Gasteiger partial charge in [-0.1, -0.05) is 0 Å². The molecule has 0 unspecified atom stereocenters. The molecule has 0 bridgehead atoms. The molecule has 3 aromatic rings.